The molecule has 2 aliphatic rings. The van der Waals surface area contributed by atoms with E-state index in [0.29, 0.717) is 26.2 Å². The van der Waals surface area contributed by atoms with Crippen molar-refractivity contribution in [1.29, 1.82) is 0 Å². The van der Waals surface area contributed by atoms with Gasteiger partial charge >= 0.3 is 0 Å². The van der Waals surface area contributed by atoms with Crippen molar-refractivity contribution >= 4 is 23.5 Å². The number of aromatic nitrogens is 2. The predicted molar refractivity (Wildman–Crippen MR) is 126 cm³/mol. The monoisotopic (exact) mass is 483 g/mol. The van der Waals surface area contributed by atoms with Crippen LogP contribution in [-0.4, -0.2) is 83.9 Å². The van der Waals surface area contributed by atoms with E-state index < -0.39 is 23.0 Å². The fraction of sp³-hybridized carbons (Fsp3) is 0.480. The number of hydrogen-bond acceptors (Lipinski definition) is 7. The summed E-state index contributed by atoms with van der Waals surface area (Å²) in [5.74, 6) is -1.07. The Bertz CT molecular complexity index is 1130. The Morgan fingerprint density at radius 2 is 1.86 bits per heavy atom. The number of halogens is 1. The van der Waals surface area contributed by atoms with E-state index in [-0.39, 0.29) is 37.5 Å². The lowest BCUT2D eigenvalue weighted by Crippen LogP contribution is -2.51. The van der Waals surface area contributed by atoms with Gasteiger partial charge in [0.1, 0.15) is 11.6 Å². The first-order chi connectivity index (χ1) is 16.8. The van der Waals surface area contributed by atoms with Gasteiger partial charge in [-0.25, -0.2) is 9.37 Å². The molecule has 1 aromatic carbocycles. The molecule has 0 radical (unpaired) electrons. The number of anilines is 1. The summed E-state index contributed by atoms with van der Waals surface area (Å²) in [5.41, 5.74) is 0.151. The molecular weight excluding hydrogens is 453 g/mol. The second-order valence-electron chi connectivity index (χ2n) is 9.05. The molecule has 2 aliphatic heterocycles. The standard InChI is InChI=1S/C25H30FN5O4/c1-17-16-27-18(2)23(28-17)30-10-8-29(9-11-30)21(32)14-25(19-6-4-5-7-20(19)26)15-22(33)31(24(25)34)12-13-35-3/h4-7,16H,8-15H2,1-3H3/t25-/m1/s1. The summed E-state index contributed by atoms with van der Waals surface area (Å²) in [4.78, 5) is 53.5. The molecule has 2 fully saturated rings. The van der Waals surface area contributed by atoms with E-state index in [1.165, 1.54) is 25.3 Å². The first-order valence-corrected chi connectivity index (χ1v) is 11.7. The first-order valence-electron chi connectivity index (χ1n) is 11.7. The second kappa shape index (κ2) is 10.1. The fourth-order valence-electron chi connectivity index (χ4n) is 4.86. The van der Waals surface area contributed by atoms with E-state index in [0.717, 1.165) is 22.1 Å². The second-order valence-corrected chi connectivity index (χ2v) is 9.05. The van der Waals surface area contributed by atoms with Crippen LogP contribution < -0.4 is 4.90 Å². The first kappa shape index (κ1) is 24.7. The van der Waals surface area contributed by atoms with Crippen molar-refractivity contribution in [3.05, 3.63) is 53.2 Å². The van der Waals surface area contributed by atoms with Crippen LogP contribution in [0.15, 0.2) is 30.5 Å². The van der Waals surface area contributed by atoms with Crippen LogP contribution in [0.3, 0.4) is 0 Å². The quantitative estimate of drug-likeness (QED) is 0.552. The molecule has 2 saturated heterocycles. The molecule has 10 heteroatoms. The van der Waals surface area contributed by atoms with Crippen LogP contribution in [0.4, 0.5) is 10.2 Å². The molecule has 0 aliphatic carbocycles. The molecule has 0 saturated carbocycles. The van der Waals surface area contributed by atoms with Gasteiger partial charge in [-0.15, -0.1) is 0 Å². The van der Waals surface area contributed by atoms with Gasteiger partial charge in [0, 0.05) is 57.9 Å². The van der Waals surface area contributed by atoms with E-state index in [4.69, 9.17) is 4.74 Å². The number of hydrogen-bond donors (Lipinski definition) is 0. The zero-order chi connectivity index (χ0) is 25.2. The van der Waals surface area contributed by atoms with Crippen LogP contribution in [0.2, 0.25) is 0 Å². The van der Waals surface area contributed by atoms with Crippen molar-refractivity contribution in [2.45, 2.75) is 32.1 Å². The Hall–Kier alpha value is -3.40. The molecule has 35 heavy (non-hydrogen) atoms. The lowest BCUT2D eigenvalue weighted by atomic mass is 9.75. The summed E-state index contributed by atoms with van der Waals surface area (Å²) < 4.78 is 19.9. The molecule has 0 spiro atoms. The van der Waals surface area contributed by atoms with Crippen LogP contribution in [-0.2, 0) is 24.5 Å². The average Bonchev–Trinajstić information content (AvgIpc) is 3.08. The molecule has 0 unspecified atom stereocenters. The maximum atomic E-state index is 14.9. The van der Waals surface area contributed by atoms with Gasteiger partial charge in [0.2, 0.25) is 17.7 Å². The van der Waals surface area contributed by atoms with Crippen molar-refractivity contribution in [3.63, 3.8) is 0 Å². The SMILES string of the molecule is COCCN1C(=O)C[C@](CC(=O)N2CCN(c3nc(C)cnc3C)CC2)(c2ccccc2F)C1=O. The summed E-state index contributed by atoms with van der Waals surface area (Å²) in [6, 6.07) is 5.88. The number of piperazine rings is 1. The fourth-order valence-corrected chi connectivity index (χ4v) is 4.86. The largest absolute Gasteiger partial charge is 0.383 e. The summed E-state index contributed by atoms with van der Waals surface area (Å²) in [6.07, 6.45) is 1.20. The highest BCUT2D eigenvalue weighted by Crippen LogP contribution is 2.41. The van der Waals surface area contributed by atoms with Gasteiger partial charge in [-0.2, -0.15) is 0 Å². The van der Waals surface area contributed by atoms with E-state index in [1.807, 2.05) is 13.8 Å². The van der Waals surface area contributed by atoms with Crippen LogP contribution in [0.5, 0.6) is 0 Å². The zero-order valence-electron chi connectivity index (χ0n) is 20.3. The minimum Gasteiger partial charge on any atom is -0.383 e. The number of carbonyl (C=O) groups is 3. The number of benzene rings is 1. The molecule has 3 heterocycles. The normalized spacial score (nSPS) is 20.6. The maximum absolute atomic E-state index is 14.9. The summed E-state index contributed by atoms with van der Waals surface area (Å²) in [5, 5.41) is 0. The van der Waals surface area contributed by atoms with Crippen molar-refractivity contribution < 1.29 is 23.5 Å². The minimum atomic E-state index is -1.57. The lowest BCUT2D eigenvalue weighted by molar-refractivity contribution is -0.143. The van der Waals surface area contributed by atoms with E-state index in [2.05, 4.69) is 14.9 Å². The van der Waals surface area contributed by atoms with Crippen molar-refractivity contribution in [2.24, 2.45) is 0 Å². The van der Waals surface area contributed by atoms with Gasteiger partial charge < -0.3 is 14.5 Å². The number of imide groups is 1. The summed E-state index contributed by atoms with van der Waals surface area (Å²) in [7, 11) is 1.47. The number of ether oxygens (including phenoxy) is 1. The Balaban J connectivity index is 1.54. The van der Waals surface area contributed by atoms with Gasteiger partial charge in [0.05, 0.1) is 30.0 Å². The zero-order valence-corrected chi connectivity index (χ0v) is 20.3. The number of methoxy groups -OCH3 is 1. The van der Waals surface area contributed by atoms with Gasteiger partial charge in [-0.3, -0.25) is 24.3 Å². The third-order valence-electron chi connectivity index (χ3n) is 6.75. The van der Waals surface area contributed by atoms with Crippen LogP contribution >= 0.6 is 0 Å². The third-order valence-corrected chi connectivity index (χ3v) is 6.75. The average molecular weight is 484 g/mol. The maximum Gasteiger partial charge on any atom is 0.241 e. The molecule has 0 bridgehead atoms. The molecule has 9 nitrogen and oxygen atoms in total. The van der Waals surface area contributed by atoms with Crippen LogP contribution in [0, 0.1) is 19.7 Å². The highest BCUT2D eigenvalue weighted by molar-refractivity contribution is 6.10. The van der Waals surface area contributed by atoms with E-state index in [9.17, 15) is 18.8 Å². The minimum absolute atomic E-state index is 0.0636. The Labute approximate surface area is 203 Å². The molecule has 0 N–H and O–H groups in total. The van der Waals surface area contributed by atoms with E-state index >= 15 is 0 Å². The molecule has 4 rings (SSSR count). The summed E-state index contributed by atoms with van der Waals surface area (Å²) in [6.45, 7) is 5.99. The molecule has 3 amide bonds. The van der Waals surface area contributed by atoms with Crippen LogP contribution in [0.25, 0.3) is 0 Å². The number of amides is 3. The molecule has 2 aromatic rings. The van der Waals surface area contributed by atoms with E-state index in [1.54, 1.807) is 17.2 Å². The molecule has 1 aromatic heterocycles. The molecule has 186 valence electrons. The number of rotatable bonds is 7. The Morgan fingerprint density at radius 1 is 1.14 bits per heavy atom. The van der Waals surface area contributed by atoms with Crippen molar-refractivity contribution in [2.75, 3.05) is 51.3 Å². The molecular formula is C25H30FN5O4. The van der Waals surface area contributed by atoms with Gasteiger partial charge in [-0.1, -0.05) is 18.2 Å². The number of aryl methyl sites for hydroxylation is 2. The smallest absolute Gasteiger partial charge is 0.241 e. The highest BCUT2D eigenvalue weighted by atomic mass is 19.1. The number of nitrogens with zero attached hydrogens (tertiary/aromatic N) is 5. The third kappa shape index (κ3) is 4.75. The van der Waals surface area contributed by atoms with Crippen molar-refractivity contribution in [1.82, 2.24) is 19.8 Å². The number of carbonyl (C=O) groups excluding carboxylic acids is 3. The number of likely N-dealkylation sites (tertiary alicyclic amines) is 1. The highest BCUT2D eigenvalue weighted by Gasteiger charge is 2.55. The van der Waals surface area contributed by atoms with Crippen LogP contribution in [0.1, 0.15) is 29.8 Å². The van der Waals surface area contributed by atoms with Gasteiger partial charge in [-0.05, 0) is 19.9 Å². The summed E-state index contributed by atoms with van der Waals surface area (Å²) >= 11 is 0. The lowest BCUT2D eigenvalue weighted by Gasteiger charge is -2.37. The molecule has 1 atom stereocenters. The van der Waals surface area contributed by atoms with Gasteiger partial charge in [0.25, 0.3) is 0 Å². The Kier molecular flexibility index (Phi) is 7.11. The topological polar surface area (TPSA) is 95.9 Å². The van der Waals surface area contributed by atoms with Crippen molar-refractivity contribution in [3.8, 4) is 0 Å². The van der Waals surface area contributed by atoms with Gasteiger partial charge in [0.15, 0.2) is 0 Å². The Morgan fingerprint density at radius 3 is 2.54 bits per heavy atom. The predicted octanol–water partition coefficient (Wildman–Crippen LogP) is 1.61.